The van der Waals surface area contributed by atoms with Crippen LogP contribution in [0.15, 0.2) is 89.4 Å². The van der Waals surface area contributed by atoms with E-state index in [-0.39, 0.29) is 5.78 Å². The Bertz CT molecular complexity index is 1090. The van der Waals surface area contributed by atoms with E-state index in [0.717, 1.165) is 22.1 Å². The van der Waals surface area contributed by atoms with E-state index in [9.17, 15) is 4.79 Å². The lowest BCUT2D eigenvalue weighted by molar-refractivity contribution is 0.102. The highest BCUT2D eigenvalue weighted by molar-refractivity contribution is 6.30. The fourth-order valence-corrected chi connectivity index (χ4v) is 3.06. The van der Waals surface area contributed by atoms with Gasteiger partial charge in [0.25, 0.3) is 0 Å². The van der Waals surface area contributed by atoms with Gasteiger partial charge in [0.2, 0.25) is 5.78 Å². The molecule has 0 bridgehead atoms. The van der Waals surface area contributed by atoms with E-state index in [1.807, 2.05) is 66.7 Å². The molecule has 0 unspecified atom stereocenters. The second-order valence-corrected chi connectivity index (χ2v) is 6.35. The molecule has 26 heavy (non-hydrogen) atoms. The van der Waals surface area contributed by atoms with E-state index in [4.69, 9.17) is 16.0 Å². The summed E-state index contributed by atoms with van der Waals surface area (Å²) < 4.78 is 5.90. The number of halogens is 1. The topological polar surface area (TPSA) is 30.2 Å². The summed E-state index contributed by atoms with van der Waals surface area (Å²) in [4.78, 5) is 12.8. The summed E-state index contributed by atoms with van der Waals surface area (Å²) in [5.74, 6) is 0.178. The van der Waals surface area contributed by atoms with Crippen LogP contribution in [-0.4, -0.2) is 5.78 Å². The van der Waals surface area contributed by atoms with E-state index >= 15 is 0 Å². The van der Waals surface area contributed by atoms with Gasteiger partial charge >= 0.3 is 0 Å². The Labute approximate surface area is 156 Å². The van der Waals surface area contributed by atoms with Gasteiger partial charge in [0.05, 0.1) is 0 Å². The highest BCUT2D eigenvalue weighted by Crippen LogP contribution is 2.35. The highest BCUT2D eigenvalue weighted by Gasteiger charge is 2.19. The molecule has 0 atom stereocenters. The molecule has 0 saturated carbocycles. The predicted molar refractivity (Wildman–Crippen MR) is 106 cm³/mol. The number of rotatable bonds is 4. The number of fused-ring (bicyclic) bond motifs is 1. The molecule has 0 fully saturated rings. The Morgan fingerprint density at radius 3 is 2.31 bits per heavy atom. The minimum atomic E-state index is -0.171. The van der Waals surface area contributed by atoms with Crippen LogP contribution in [0.4, 0.5) is 0 Å². The first-order valence-corrected chi connectivity index (χ1v) is 8.65. The average molecular weight is 359 g/mol. The summed E-state index contributed by atoms with van der Waals surface area (Å²) in [6.45, 7) is 0. The van der Waals surface area contributed by atoms with Gasteiger partial charge in [-0.1, -0.05) is 78.3 Å². The first-order chi connectivity index (χ1) is 12.7. The summed E-state index contributed by atoms with van der Waals surface area (Å²) in [6.07, 6.45) is 3.30. The normalized spacial score (nSPS) is 11.3. The van der Waals surface area contributed by atoms with E-state index in [0.29, 0.717) is 16.4 Å². The smallest absolute Gasteiger partial charge is 0.221 e. The number of ketones is 1. The second kappa shape index (κ2) is 7.03. The van der Waals surface area contributed by atoms with Crippen LogP contribution in [0.5, 0.6) is 0 Å². The Kier molecular flexibility index (Phi) is 4.42. The Hall–Kier alpha value is -3.10. The van der Waals surface area contributed by atoms with Crippen molar-refractivity contribution >= 4 is 34.4 Å². The minimum Gasteiger partial charge on any atom is -0.452 e. The maximum absolute atomic E-state index is 12.8. The summed E-state index contributed by atoms with van der Waals surface area (Å²) in [7, 11) is 0. The molecule has 0 radical (unpaired) electrons. The minimum absolute atomic E-state index is 0.171. The van der Waals surface area contributed by atoms with Crippen LogP contribution >= 0.6 is 11.6 Å². The molecule has 0 N–H and O–H groups in total. The fourth-order valence-electron chi connectivity index (χ4n) is 2.93. The number of hydrogen-bond acceptors (Lipinski definition) is 2. The molecular formula is C23H15ClO2. The third-order valence-electron chi connectivity index (χ3n) is 4.18. The standard InChI is InChI=1S/C23H15ClO2/c24-18-13-10-16(11-14-18)12-15-20(25)23-22(17-6-2-1-3-7-17)19-8-4-5-9-21(19)26-23/h1-15H/b15-12+. The van der Waals surface area contributed by atoms with Crippen molar-refractivity contribution in [1.29, 1.82) is 0 Å². The molecule has 0 aliphatic carbocycles. The Morgan fingerprint density at radius 2 is 1.54 bits per heavy atom. The number of carbonyl (C=O) groups is 1. The quantitative estimate of drug-likeness (QED) is 0.302. The number of para-hydroxylation sites is 1. The van der Waals surface area contributed by atoms with Crippen molar-refractivity contribution in [3.63, 3.8) is 0 Å². The van der Waals surface area contributed by atoms with E-state index in [1.165, 1.54) is 6.08 Å². The lowest BCUT2D eigenvalue weighted by atomic mass is 10.00. The molecule has 2 nitrogen and oxygen atoms in total. The van der Waals surface area contributed by atoms with Crippen molar-refractivity contribution in [2.24, 2.45) is 0 Å². The molecule has 0 amide bonds. The number of hydrogen-bond donors (Lipinski definition) is 0. The van der Waals surface area contributed by atoms with Crippen LogP contribution in [0, 0.1) is 0 Å². The highest BCUT2D eigenvalue weighted by atomic mass is 35.5. The lowest BCUT2D eigenvalue weighted by Crippen LogP contribution is -1.94. The molecule has 0 spiro atoms. The molecule has 1 aromatic heterocycles. The van der Waals surface area contributed by atoms with Crippen LogP contribution in [-0.2, 0) is 0 Å². The molecule has 4 rings (SSSR count). The Balaban J connectivity index is 1.78. The van der Waals surface area contributed by atoms with Gasteiger partial charge in [-0.15, -0.1) is 0 Å². The molecule has 4 aromatic rings. The van der Waals surface area contributed by atoms with E-state index < -0.39 is 0 Å². The molecule has 0 saturated heterocycles. The van der Waals surface area contributed by atoms with E-state index in [2.05, 4.69) is 0 Å². The van der Waals surface area contributed by atoms with Gasteiger partial charge in [0, 0.05) is 16.0 Å². The second-order valence-electron chi connectivity index (χ2n) is 5.92. The van der Waals surface area contributed by atoms with Crippen molar-refractivity contribution in [3.8, 4) is 11.1 Å². The van der Waals surface area contributed by atoms with Crippen LogP contribution in [0.1, 0.15) is 16.1 Å². The van der Waals surface area contributed by atoms with Crippen molar-refractivity contribution in [2.45, 2.75) is 0 Å². The molecule has 0 aliphatic heterocycles. The zero-order chi connectivity index (χ0) is 17.9. The van der Waals surface area contributed by atoms with E-state index in [1.54, 1.807) is 18.2 Å². The third kappa shape index (κ3) is 3.19. The van der Waals surface area contributed by atoms with Gasteiger partial charge < -0.3 is 4.42 Å². The van der Waals surface area contributed by atoms with Crippen molar-refractivity contribution in [3.05, 3.63) is 101 Å². The Morgan fingerprint density at radius 1 is 0.846 bits per heavy atom. The van der Waals surface area contributed by atoms with Crippen LogP contribution in [0.3, 0.4) is 0 Å². The number of carbonyl (C=O) groups excluding carboxylic acids is 1. The number of benzene rings is 3. The van der Waals surface area contributed by atoms with Crippen LogP contribution in [0.2, 0.25) is 5.02 Å². The maximum Gasteiger partial charge on any atom is 0.221 e. The fraction of sp³-hybridized carbons (Fsp3) is 0. The molecule has 3 heteroatoms. The number of allylic oxidation sites excluding steroid dienone is 1. The first kappa shape index (κ1) is 16.4. The largest absolute Gasteiger partial charge is 0.452 e. The predicted octanol–water partition coefficient (Wildman–Crippen LogP) is 6.65. The van der Waals surface area contributed by atoms with Crippen molar-refractivity contribution in [2.75, 3.05) is 0 Å². The third-order valence-corrected chi connectivity index (χ3v) is 4.43. The monoisotopic (exact) mass is 358 g/mol. The van der Waals surface area contributed by atoms with Crippen molar-refractivity contribution < 1.29 is 9.21 Å². The van der Waals surface area contributed by atoms with Gasteiger partial charge in [-0.2, -0.15) is 0 Å². The van der Waals surface area contributed by atoms with Crippen LogP contribution < -0.4 is 0 Å². The molecule has 126 valence electrons. The number of furan rings is 1. The zero-order valence-electron chi connectivity index (χ0n) is 13.9. The van der Waals surface area contributed by atoms with Gasteiger partial charge in [0.1, 0.15) is 5.58 Å². The van der Waals surface area contributed by atoms with Crippen molar-refractivity contribution in [1.82, 2.24) is 0 Å². The van der Waals surface area contributed by atoms with Gasteiger partial charge in [0.15, 0.2) is 5.76 Å². The summed E-state index contributed by atoms with van der Waals surface area (Å²) in [5, 5.41) is 1.60. The van der Waals surface area contributed by atoms with Gasteiger partial charge in [-0.3, -0.25) is 4.79 Å². The molecule has 1 heterocycles. The summed E-state index contributed by atoms with van der Waals surface area (Å²) in [5.41, 5.74) is 3.39. The van der Waals surface area contributed by atoms with Crippen LogP contribution in [0.25, 0.3) is 28.2 Å². The lowest BCUT2D eigenvalue weighted by Gasteiger charge is -2.01. The zero-order valence-corrected chi connectivity index (χ0v) is 14.6. The SMILES string of the molecule is O=C(/C=C/c1ccc(Cl)cc1)c1oc2ccccc2c1-c1ccccc1. The molecule has 3 aromatic carbocycles. The maximum atomic E-state index is 12.8. The summed E-state index contributed by atoms with van der Waals surface area (Å²) in [6, 6.07) is 24.8. The van der Waals surface area contributed by atoms with Gasteiger partial charge in [-0.05, 0) is 35.4 Å². The average Bonchev–Trinajstić information content (AvgIpc) is 3.07. The first-order valence-electron chi connectivity index (χ1n) is 8.27. The van der Waals surface area contributed by atoms with Gasteiger partial charge in [-0.25, -0.2) is 0 Å². The summed E-state index contributed by atoms with van der Waals surface area (Å²) >= 11 is 5.90. The molecular weight excluding hydrogens is 344 g/mol. The molecule has 0 aliphatic rings.